The van der Waals surface area contributed by atoms with Crippen molar-refractivity contribution in [3.05, 3.63) is 59.9 Å². The van der Waals surface area contributed by atoms with Crippen LogP contribution < -0.4 is 10.2 Å². The topological polar surface area (TPSA) is 41.6 Å². The first-order valence-corrected chi connectivity index (χ1v) is 10.6. The van der Waals surface area contributed by atoms with Crippen molar-refractivity contribution in [2.45, 2.75) is 44.0 Å². The van der Waals surface area contributed by atoms with Crippen molar-refractivity contribution in [3.63, 3.8) is 0 Å². The Morgan fingerprint density at radius 2 is 1.89 bits per heavy atom. The van der Waals surface area contributed by atoms with Gasteiger partial charge in [-0.1, -0.05) is 30.3 Å². The molecule has 6 heteroatoms. The van der Waals surface area contributed by atoms with Crippen LogP contribution in [0.3, 0.4) is 0 Å². The highest BCUT2D eigenvalue weighted by Gasteiger charge is 2.24. The molecule has 1 amide bonds. The van der Waals surface area contributed by atoms with Crippen molar-refractivity contribution in [1.29, 1.82) is 0 Å². The Morgan fingerprint density at radius 1 is 1.21 bits per heavy atom. The standard InChI is InChI=1S/C22H27FN2O2S/c1-15-12-25(13-16(2)27-15)21-10-9-19(11-20(21)23)24-22(26)17(3)28-14-18-7-5-4-6-8-18/h4-11,15-17H,12-14H2,1-3H3,(H,24,26). The van der Waals surface area contributed by atoms with Crippen LogP contribution in [0, 0.1) is 5.82 Å². The molecule has 0 bridgehead atoms. The van der Waals surface area contributed by atoms with E-state index < -0.39 is 0 Å². The van der Waals surface area contributed by atoms with E-state index in [4.69, 9.17) is 4.74 Å². The summed E-state index contributed by atoms with van der Waals surface area (Å²) in [5.41, 5.74) is 2.20. The Hall–Kier alpha value is -2.05. The van der Waals surface area contributed by atoms with Crippen LogP contribution in [0.2, 0.25) is 0 Å². The summed E-state index contributed by atoms with van der Waals surface area (Å²) in [6.45, 7) is 7.15. The van der Waals surface area contributed by atoms with Crippen LogP contribution in [0.25, 0.3) is 0 Å². The maximum absolute atomic E-state index is 14.7. The van der Waals surface area contributed by atoms with E-state index in [-0.39, 0.29) is 29.2 Å². The molecule has 0 radical (unpaired) electrons. The third-order valence-electron chi connectivity index (χ3n) is 4.69. The highest BCUT2D eigenvalue weighted by atomic mass is 32.2. The second kappa shape index (κ2) is 9.43. The normalized spacial score (nSPS) is 20.6. The second-order valence-electron chi connectivity index (χ2n) is 7.26. The van der Waals surface area contributed by atoms with Gasteiger partial charge in [0.15, 0.2) is 0 Å². The fourth-order valence-corrected chi connectivity index (χ4v) is 4.18. The number of hydrogen-bond donors (Lipinski definition) is 1. The van der Waals surface area contributed by atoms with Crippen LogP contribution in [0.1, 0.15) is 26.3 Å². The first kappa shape index (κ1) is 20.7. The molecule has 1 aliphatic heterocycles. The van der Waals surface area contributed by atoms with Gasteiger partial charge in [0.1, 0.15) is 5.82 Å². The number of anilines is 2. The minimum atomic E-state index is -0.330. The number of rotatable bonds is 6. The molecule has 1 fully saturated rings. The van der Waals surface area contributed by atoms with E-state index in [1.807, 2.05) is 56.0 Å². The van der Waals surface area contributed by atoms with Gasteiger partial charge in [-0.25, -0.2) is 4.39 Å². The second-order valence-corrected chi connectivity index (χ2v) is 8.59. The predicted octanol–water partition coefficient (Wildman–Crippen LogP) is 4.70. The van der Waals surface area contributed by atoms with E-state index in [0.29, 0.717) is 24.5 Å². The van der Waals surface area contributed by atoms with Gasteiger partial charge in [0.05, 0.1) is 23.1 Å². The molecule has 28 heavy (non-hydrogen) atoms. The predicted molar refractivity (Wildman–Crippen MR) is 114 cm³/mol. The third kappa shape index (κ3) is 5.49. The SMILES string of the molecule is CC1CN(c2ccc(NC(=O)C(C)SCc3ccccc3)cc2F)CC(C)O1. The molecule has 3 unspecified atom stereocenters. The molecule has 1 saturated heterocycles. The average molecular weight is 403 g/mol. The summed E-state index contributed by atoms with van der Waals surface area (Å²) >= 11 is 1.56. The van der Waals surface area contributed by atoms with Gasteiger partial charge in [-0.05, 0) is 44.5 Å². The lowest BCUT2D eigenvalue weighted by molar-refractivity contribution is -0.115. The number of hydrogen-bond acceptors (Lipinski definition) is 4. The van der Waals surface area contributed by atoms with Crippen molar-refractivity contribution in [2.24, 2.45) is 0 Å². The van der Waals surface area contributed by atoms with Gasteiger partial charge in [0.2, 0.25) is 5.91 Å². The van der Waals surface area contributed by atoms with E-state index in [2.05, 4.69) is 5.32 Å². The number of morpholine rings is 1. The smallest absolute Gasteiger partial charge is 0.237 e. The minimum Gasteiger partial charge on any atom is -0.372 e. The zero-order chi connectivity index (χ0) is 20.1. The maximum atomic E-state index is 14.7. The monoisotopic (exact) mass is 402 g/mol. The number of amides is 1. The first-order chi connectivity index (χ1) is 13.4. The number of nitrogens with one attached hydrogen (secondary N) is 1. The zero-order valence-electron chi connectivity index (χ0n) is 16.5. The van der Waals surface area contributed by atoms with E-state index in [1.165, 1.54) is 11.6 Å². The lowest BCUT2D eigenvalue weighted by atomic mass is 10.2. The van der Waals surface area contributed by atoms with Crippen LogP contribution >= 0.6 is 11.8 Å². The summed E-state index contributed by atoms with van der Waals surface area (Å²) in [5.74, 6) is 0.307. The summed E-state index contributed by atoms with van der Waals surface area (Å²) in [7, 11) is 0. The van der Waals surface area contributed by atoms with E-state index >= 15 is 0 Å². The van der Waals surface area contributed by atoms with Crippen molar-refractivity contribution in [1.82, 2.24) is 0 Å². The lowest BCUT2D eigenvalue weighted by Gasteiger charge is -2.37. The van der Waals surface area contributed by atoms with Crippen LogP contribution in [-0.4, -0.2) is 36.5 Å². The van der Waals surface area contributed by atoms with Crippen LogP contribution in [-0.2, 0) is 15.3 Å². The van der Waals surface area contributed by atoms with Crippen molar-refractivity contribution in [2.75, 3.05) is 23.3 Å². The van der Waals surface area contributed by atoms with Gasteiger partial charge < -0.3 is 15.0 Å². The summed E-state index contributed by atoms with van der Waals surface area (Å²) in [6.07, 6.45) is 0.120. The molecule has 150 valence electrons. The highest BCUT2D eigenvalue weighted by Crippen LogP contribution is 2.27. The average Bonchev–Trinajstić information content (AvgIpc) is 2.66. The Balaban J connectivity index is 1.58. The van der Waals surface area contributed by atoms with E-state index in [0.717, 1.165) is 5.75 Å². The van der Waals surface area contributed by atoms with E-state index in [1.54, 1.807) is 23.9 Å². The number of carbonyl (C=O) groups is 1. The van der Waals surface area contributed by atoms with Crippen LogP contribution in [0.5, 0.6) is 0 Å². The quantitative estimate of drug-likeness (QED) is 0.760. The first-order valence-electron chi connectivity index (χ1n) is 9.58. The molecular formula is C22H27FN2O2S. The zero-order valence-corrected chi connectivity index (χ0v) is 17.3. The maximum Gasteiger partial charge on any atom is 0.237 e. The molecule has 3 atom stereocenters. The number of nitrogens with zero attached hydrogens (tertiary/aromatic N) is 1. The fourth-order valence-electron chi connectivity index (χ4n) is 3.33. The van der Waals surface area contributed by atoms with Gasteiger partial charge >= 0.3 is 0 Å². The van der Waals surface area contributed by atoms with Gasteiger partial charge in [0.25, 0.3) is 0 Å². The molecule has 3 rings (SSSR count). The molecule has 1 heterocycles. The number of thioether (sulfide) groups is 1. The highest BCUT2D eigenvalue weighted by molar-refractivity contribution is 7.99. The molecular weight excluding hydrogens is 375 g/mol. The van der Waals surface area contributed by atoms with Crippen molar-refractivity contribution < 1.29 is 13.9 Å². The summed E-state index contributed by atoms with van der Waals surface area (Å²) in [5, 5.41) is 2.59. The molecule has 0 saturated carbocycles. The molecule has 0 spiro atoms. The van der Waals surface area contributed by atoms with Gasteiger partial charge in [-0.3, -0.25) is 4.79 Å². The summed E-state index contributed by atoms with van der Waals surface area (Å²) in [6, 6.07) is 14.9. The van der Waals surface area contributed by atoms with Gasteiger partial charge in [-0.15, -0.1) is 11.8 Å². The molecule has 1 aliphatic rings. The van der Waals surface area contributed by atoms with E-state index in [9.17, 15) is 9.18 Å². The summed E-state index contributed by atoms with van der Waals surface area (Å²) < 4.78 is 20.4. The molecule has 2 aromatic rings. The Kier molecular flexibility index (Phi) is 6.97. The summed E-state index contributed by atoms with van der Waals surface area (Å²) in [4.78, 5) is 14.4. The van der Waals surface area contributed by atoms with Gasteiger partial charge in [-0.2, -0.15) is 0 Å². The fraction of sp³-hybridized carbons (Fsp3) is 0.409. The number of ether oxygens (including phenoxy) is 1. The van der Waals surface area contributed by atoms with Gasteiger partial charge in [0, 0.05) is 24.5 Å². The number of carbonyl (C=O) groups excluding carboxylic acids is 1. The Morgan fingerprint density at radius 3 is 2.54 bits per heavy atom. The third-order valence-corrected chi connectivity index (χ3v) is 5.90. The lowest BCUT2D eigenvalue weighted by Crippen LogP contribution is -2.45. The minimum absolute atomic E-state index is 0.0602. The molecule has 1 N–H and O–H groups in total. The number of halogens is 1. The molecule has 2 aromatic carbocycles. The molecule has 0 aromatic heterocycles. The Labute approximate surface area is 170 Å². The van der Waals surface area contributed by atoms with Crippen molar-refractivity contribution in [3.8, 4) is 0 Å². The van der Waals surface area contributed by atoms with Crippen LogP contribution in [0.4, 0.5) is 15.8 Å². The Bertz CT molecular complexity index is 792. The largest absolute Gasteiger partial charge is 0.372 e. The molecule has 0 aliphatic carbocycles. The number of benzene rings is 2. The molecule has 4 nitrogen and oxygen atoms in total. The van der Waals surface area contributed by atoms with Crippen LogP contribution in [0.15, 0.2) is 48.5 Å². The van der Waals surface area contributed by atoms with Crippen molar-refractivity contribution >= 4 is 29.0 Å².